The van der Waals surface area contributed by atoms with Crippen LogP contribution in [0.25, 0.3) is 27.8 Å². The molecule has 9 rings (SSSR count). The Hall–Kier alpha value is -7.14. The van der Waals surface area contributed by atoms with Crippen molar-refractivity contribution in [2.75, 3.05) is 6.79 Å². The summed E-state index contributed by atoms with van der Waals surface area (Å²) >= 11 is 0. The molecule has 1 aliphatic rings. The first-order chi connectivity index (χ1) is 24.7. The van der Waals surface area contributed by atoms with Crippen LogP contribution < -0.4 is 28.4 Å². The number of hydrogen-bond acceptors (Lipinski definition) is 10. The smallest absolute Gasteiger partial charge is 0.265 e. The van der Waals surface area contributed by atoms with Crippen molar-refractivity contribution in [3.05, 3.63) is 140 Å². The van der Waals surface area contributed by atoms with Crippen LogP contribution in [0.4, 0.5) is 0 Å². The lowest BCUT2D eigenvalue weighted by Crippen LogP contribution is -2.01. The molecule has 0 bridgehead atoms. The van der Waals surface area contributed by atoms with Crippen molar-refractivity contribution in [3.8, 4) is 63.8 Å². The molecule has 4 aromatic carbocycles. The third kappa shape index (κ3) is 5.79. The van der Waals surface area contributed by atoms with Crippen LogP contribution in [0.15, 0.2) is 140 Å². The standard InChI is InChI=1S/C39H25N5O6/c1-3-17-40-36(11-1)49-27-9-5-7-25(19-27)47-29-13-15-31-32-16-14-30(48-26-8-6-10-28(20-26)50-37-12-2-4-18-41-37)22-34(32)44(33(31)21-29)39-42-23-35-38(43-39)46-24-45-35/h1-23H,24H2. The lowest BCUT2D eigenvalue weighted by atomic mass is 10.1. The number of rotatable bonds is 9. The van der Waals surface area contributed by atoms with Crippen LogP contribution in [0.5, 0.6) is 57.9 Å². The molecule has 11 nitrogen and oxygen atoms in total. The van der Waals surface area contributed by atoms with E-state index >= 15 is 0 Å². The van der Waals surface area contributed by atoms with Gasteiger partial charge in [0.25, 0.3) is 5.88 Å². The van der Waals surface area contributed by atoms with E-state index in [0.717, 1.165) is 21.8 Å². The summed E-state index contributed by atoms with van der Waals surface area (Å²) in [6.07, 6.45) is 4.98. The highest BCUT2D eigenvalue weighted by Crippen LogP contribution is 2.39. The van der Waals surface area contributed by atoms with Crippen molar-refractivity contribution in [1.29, 1.82) is 0 Å². The zero-order chi connectivity index (χ0) is 33.3. The van der Waals surface area contributed by atoms with Gasteiger partial charge in [0.15, 0.2) is 0 Å². The topological polar surface area (TPSA) is 112 Å². The Morgan fingerprint density at radius 1 is 0.500 bits per heavy atom. The van der Waals surface area contributed by atoms with E-state index in [1.807, 2.05) is 114 Å². The Labute approximate surface area is 284 Å². The Kier molecular flexibility index (Phi) is 7.24. The first-order valence-corrected chi connectivity index (χ1v) is 15.7. The van der Waals surface area contributed by atoms with Gasteiger partial charge in [0.05, 0.1) is 17.2 Å². The summed E-state index contributed by atoms with van der Waals surface area (Å²) in [4.78, 5) is 17.8. The van der Waals surface area contributed by atoms with E-state index in [2.05, 4.69) is 15.0 Å². The van der Waals surface area contributed by atoms with Crippen molar-refractivity contribution >= 4 is 21.8 Å². The maximum Gasteiger partial charge on any atom is 0.265 e. The molecule has 0 spiro atoms. The van der Waals surface area contributed by atoms with Gasteiger partial charge in [-0.1, -0.05) is 24.3 Å². The van der Waals surface area contributed by atoms with Crippen LogP contribution in [0, 0.1) is 0 Å². The highest BCUT2D eigenvalue weighted by atomic mass is 16.7. The lowest BCUT2D eigenvalue weighted by molar-refractivity contribution is 0.171. The average Bonchev–Trinajstić information content (AvgIpc) is 3.74. The summed E-state index contributed by atoms with van der Waals surface area (Å²) in [6, 6.07) is 37.6. The number of benzene rings is 4. The predicted octanol–water partition coefficient (Wildman–Crippen LogP) is 9.26. The van der Waals surface area contributed by atoms with Gasteiger partial charge in [-0.15, -0.1) is 0 Å². The number of ether oxygens (including phenoxy) is 6. The number of pyridine rings is 2. The molecule has 0 amide bonds. The summed E-state index contributed by atoms with van der Waals surface area (Å²) in [6.45, 7) is 0.0862. The molecule has 0 fully saturated rings. The van der Waals surface area contributed by atoms with Gasteiger partial charge >= 0.3 is 0 Å². The maximum atomic E-state index is 6.34. The van der Waals surface area contributed by atoms with Crippen LogP contribution in [-0.2, 0) is 0 Å². The minimum atomic E-state index is 0.0862. The largest absolute Gasteiger partial charge is 0.457 e. The second-order valence-electron chi connectivity index (χ2n) is 11.1. The Bertz CT molecular complexity index is 2350. The Morgan fingerprint density at radius 3 is 1.58 bits per heavy atom. The van der Waals surface area contributed by atoms with E-state index < -0.39 is 0 Å². The molecule has 50 heavy (non-hydrogen) atoms. The highest BCUT2D eigenvalue weighted by Gasteiger charge is 2.21. The molecule has 0 saturated carbocycles. The molecule has 0 radical (unpaired) electrons. The van der Waals surface area contributed by atoms with Gasteiger partial charge in [0, 0.05) is 59.6 Å². The van der Waals surface area contributed by atoms with Crippen molar-refractivity contribution in [1.82, 2.24) is 24.5 Å². The summed E-state index contributed by atoms with van der Waals surface area (Å²) in [7, 11) is 0. The quantitative estimate of drug-likeness (QED) is 0.149. The SMILES string of the molecule is c1ccc(Oc2cccc(Oc3ccc4c5ccc(Oc6cccc(Oc7ccccn7)c6)cc5n(-c5ncc6c(n5)OCO6)c4c3)c2)nc1. The van der Waals surface area contributed by atoms with E-state index in [1.54, 1.807) is 30.7 Å². The second-order valence-corrected chi connectivity index (χ2v) is 11.1. The maximum absolute atomic E-state index is 6.34. The predicted molar refractivity (Wildman–Crippen MR) is 184 cm³/mol. The minimum absolute atomic E-state index is 0.0862. The Balaban J connectivity index is 1.08. The number of aromatic nitrogens is 5. The molecule has 0 N–H and O–H groups in total. The second kappa shape index (κ2) is 12.5. The van der Waals surface area contributed by atoms with E-state index in [4.69, 9.17) is 33.4 Å². The highest BCUT2D eigenvalue weighted by molar-refractivity contribution is 6.09. The van der Waals surface area contributed by atoms with Crippen molar-refractivity contribution < 1.29 is 28.4 Å². The first kappa shape index (κ1) is 29.0. The molecule has 242 valence electrons. The summed E-state index contributed by atoms with van der Waals surface area (Å²) in [5.74, 6) is 5.88. The normalized spacial score (nSPS) is 11.8. The van der Waals surface area contributed by atoms with Gasteiger partial charge in [-0.3, -0.25) is 4.57 Å². The molecule has 0 saturated heterocycles. The third-order valence-electron chi connectivity index (χ3n) is 7.83. The number of nitrogens with zero attached hydrogens (tertiary/aromatic N) is 5. The van der Waals surface area contributed by atoms with Crippen molar-refractivity contribution in [2.45, 2.75) is 0 Å². The van der Waals surface area contributed by atoms with Crippen LogP contribution in [0.3, 0.4) is 0 Å². The zero-order valence-electron chi connectivity index (χ0n) is 26.2. The van der Waals surface area contributed by atoms with E-state index in [0.29, 0.717) is 63.8 Å². The lowest BCUT2D eigenvalue weighted by Gasteiger charge is -2.11. The van der Waals surface area contributed by atoms with Crippen LogP contribution in [0.2, 0.25) is 0 Å². The minimum Gasteiger partial charge on any atom is -0.457 e. The average molecular weight is 660 g/mol. The van der Waals surface area contributed by atoms with E-state index in [1.165, 1.54) is 0 Å². The summed E-state index contributed by atoms with van der Waals surface area (Å²) in [5, 5.41) is 1.94. The third-order valence-corrected chi connectivity index (χ3v) is 7.83. The van der Waals surface area contributed by atoms with Gasteiger partial charge in [-0.25, -0.2) is 15.0 Å². The molecule has 8 aromatic rings. The van der Waals surface area contributed by atoms with E-state index in [9.17, 15) is 0 Å². The van der Waals surface area contributed by atoms with Gasteiger partial charge in [-0.05, 0) is 60.7 Å². The van der Waals surface area contributed by atoms with Gasteiger partial charge in [0.2, 0.25) is 30.3 Å². The fraction of sp³-hybridized carbons (Fsp3) is 0.0256. The van der Waals surface area contributed by atoms with Crippen LogP contribution in [0.1, 0.15) is 0 Å². The number of fused-ring (bicyclic) bond motifs is 4. The Morgan fingerprint density at radius 2 is 1.04 bits per heavy atom. The molecule has 0 aliphatic carbocycles. The molecule has 0 unspecified atom stereocenters. The molecule has 11 heteroatoms. The fourth-order valence-corrected chi connectivity index (χ4v) is 5.66. The molecule has 1 aliphatic heterocycles. The van der Waals surface area contributed by atoms with E-state index in [-0.39, 0.29) is 6.79 Å². The zero-order valence-corrected chi connectivity index (χ0v) is 26.2. The summed E-state index contributed by atoms with van der Waals surface area (Å²) < 4.78 is 37.6. The van der Waals surface area contributed by atoms with Crippen molar-refractivity contribution in [3.63, 3.8) is 0 Å². The summed E-state index contributed by atoms with van der Waals surface area (Å²) in [5.41, 5.74) is 1.64. The molecular weight excluding hydrogens is 634 g/mol. The molecule has 0 atom stereocenters. The van der Waals surface area contributed by atoms with Gasteiger partial charge < -0.3 is 28.4 Å². The first-order valence-electron chi connectivity index (χ1n) is 15.7. The monoisotopic (exact) mass is 659 g/mol. The van der Waals surface area contributed by atoms with Gasteiger partial charge in [-0.2, -0.15) is 4.98 Å². The molecule has 4 aromatic heterocycles. The van der Waals surface area contributed by atoms with Gasteiger partial charge in [0.1, 0.15) is 34.5 Å². The fourth-order valence-electron chi connectivity index (χ4n) is 5.66. The molecule has 5 heterocycles. The van der Waals surface area contributed by atoms with Crippen LogP contribution in [-0.4, -0.2) is 31.3 Å². The number of hydrogen-bond donors (Lipinski definition) is 0. The molecular formula is C39H25N5O6. The van der Waals surface area contributed by atoms with Crippen LogP contribution >= 0.6 is 0 Å². The van der Waals surface area contributed by atoms with Crippen molar-refractivity contribution in [2.24, 2.45) is 0 Å².